The second-order valence-corrected chi connectivity index (χ2v) is 4.82. The Hall–Kier alpha value is -3.73. The lowest BCUT2D eigenvalue weighted by Crippen LogP contribution is -2.15. The lowest BCUT2D eigenvalue weighted by atomic mass is 10.2. The molecule has 2 N–H and O–H groups in total. The highest BCUT2D eigenvalue weighted by molar-refractivity contribution is 6.02. The fraction of sp³-hybridized carbons (Fsp3) is 0.0625. The van der Waals surface area contributed by atoms with Crippen LogP contribution < -0.4 is 10.6 Å². The predicted molar refractivity (Wildman–Crippen MR) is 85.7 cm³/mol. The van der Waals surface area contributed by atoms with E-state index in [1.807, 2.05) is 0 Å². The van der Waals surface area contributed by atoms with E-state index in [0.717, 1.165) is 0 Å². The Kier molecular flexibility index (Phi) is 4.16. The topological polar surface area (TPSA) is 117 Å². The number of carbonyl (C=O) groups excluding carboxylic acids is 1. The van der Waals surface area contributed by atoms with Crippen molar-refractivity contribution in [2.45, 2.75) is 6.92 Å². The summed E-state index contributed by atoms with van der Waals surface area (Å²) in [5, 5.41) is 18.3. The lowest BCUT2D eigenvalue weighted by molar-refractivity contribution is 0.102. The molecular weight excluding hydrogens is 308 g/mol. The van der Waals surface area contributed by atoms with E-state index in [1.54, 1.807) is 37.3 Å². The molecule has 0 aliphatic carbocycles. The number of nitrogens with zero attached hydrogens (tertiary/aromatic N) is 4. The SMILES string of the molecule is Cc1cc(NC(=O)c2ccnc(Nc3ccccc3C#N)n2)no1. The molecule has 118 valence electrons. The molecule has 8 heteroatoms. The van der Waals surface area contributed by atoms with Gasteiger partial charge < -0.3 is 15.2 Å². The summed E-state index contributed by atoms with van der Waals surface area (Å²) >= 11 is 0. The van der Waals surface area contributed by atoms with Crippen molar-refractivity contribution in [1.82, 2.24) is 15.1 Å². The number of benzene rings is 1. The zero-order chi connectivity index (χ0) is 16.9. The second kappa shape index (κ2) is 6.58. The van der Waals surface area contributed by atoms with Crippen molar-refractivity contribution < 1.29 is 9.32 Å². The summed E-state index contributed by atoms with van der Waals surface area (Å²) in [6.45, 7) is 1.72. The van der Waals surface area contributed by atoms with Gasteiger partial charge in [-0.1, -0.05) is 17.3 Å². The Morgan fingerprint density at radius 3 is 2.88 bits per heavy atom. The summed E-state index contributed by atoms with van der Waals surface area (Å²) in [5.74, 6) is 0.660. The minimum absolute atomic E-state index is 0.155. The Morgan fingerprint density at radius 1 is 1.29 bits per heavy atom. The van der Waals surface area contributed by atoms with Gasteiger partial charge in [-0.2, -0.15) is 5.26 Å². The highest BCUT2D eigenvalue weighted by Crippen LogP contribution is 2.17. The number of aryl methyl sites for hydroxylation is 1. The van der Waals surface area contributed by atoms with Gasteiger partial charge in [-0.15, -0.1) is 0 Å². The minimum atomic E-state index is -0.442. The van der Waals surface area contributed by atoms with Gasteiger partial charge in [-0.3, -0.25) is 4.79 Å². The maximum atomic E-state index is 12.2. The summed E-state index contributed by atoms with van der Waals surface area (Å²) in [4.78, 5) is 20.4. The summed E-state index contributed by atoms with van der Waals surface area (Å²) in [6.07, 6.45) is 1.45. The van der Waals surface area contributed by atoms with E-state index in [9.17, 15) is 4.79 Å². The van der Waals surface area contributed by atoms with Gasteiger partial charge in [0.05, 0.1) is 11.3 Å². The Bertz CT molecular complexity index is 928. The molecule has 0 spiro atoms. The number of para-hydroxylation sites is 1. The van der Waals surface area contributed by atoms with Gasteiger partial charge in [-0.05, 0) is 25.1 Å². The van der Waals surface area contributed by atoms with Crippen molar-refractivity contribution in [2.24, 2.45) is 0 Å². The lowest BCUT2D eigenvalue weighted by Gasteiger charge is -2.07. The number of hydrogen-bond donors (Lipinski definition) is 2. The molecule has 3 aromatic rings. The first-order valence-corrected chi connectivity index (χ1v) is 6.99. The molecule has 0 fully saturated rings. The Balaban J connectivity index is 1.79. The van der Waals surface area contributed by atoms with E-state index >= 15 is 0 Å². The Morgan fingerprint density at radius 2 is 2.12 bits per heavy atom. The zero-order valence-electron chi connectivity index (χ0n) is 12.6. The number of nitriles is 1. The van der Waals surface area contributed by atoms with Crippen molar-refractivity contribution in [1.29, 1.82) is 5.26 Å². The molecule has 3 rings (SSSR count). The number of aromatic nitrogens is 3. The van der Waals surface area contributed by atoms with Crippen LogP contribution in [0.4, 0.5) is 17.5 Å². The fourth-order valence-electron chi connectivity index (χ4n) is 1.96. The summed E-state index contributed by atoms with van der Waals surface area (Å²) in [7, 11) is 0. The van der Waals surface area contributed by atoms with Crippen molar-refractivity contribution in [3.05, 3.63) is 59.6 Å². The maximum absolute atomic E-state index is 12.2. The van der Waals surface area contributed by atoms with Crippen molar-refractivity contribution >= 4 is 23.4 Å². The number of carbonyl (C=O) groups is 1. The largest absolute Gasteiger partial charge is 0.360 e. The quantitative estimate of drug-likeness (QED) is 0.758. The van der Waals surface area contributed by atoms with Crippen LogP contribution in [0.3, 0.4) is 0 Å². The van der Waals surface area contributed by atoms with Gasteiger partial charge in [0.2, 0.25) is 5.95 Å². The molecule has 1 aromatic carbocycles. The molecular formula is C16H12N6O2. The van der Waals surface area contributed by atoms with Crippen LogP contribution in [0, 0.1) is 18.3 Å². The van der Waals surface area contributed by atoms with E-state index in [0.29, 0.717) is 22.8 Å². The molecule has 2 aromatic heterocycles. The number of nitrogens with one attached hydrogen (secondary N) is 2. The molecule has 24 heavy (non-hydrogen) atoms. The van der Waals surface area contributed by atoms with Crippen LogP contribution in [0.15, 0.2) is 47.1 Å². The highest BCUT2D eigenvalue weighted by atomic mass is 16.5. The van der Waals surface area contributed by atoms with Gasteiger partial charge in [0.25, 0.3) is 5.91 Å². The van der Waals surface area contributed by atoms with Crippen molar-refractivity contribution in [3.8, 4) is 6.07 Å². The van der Waals surface area contributed by atoms with Gasteiger partial charge in [0.1, 0.15) is 17.5 Å². The van der Waals surface area contributed by atoms with E-state index in [2.05, 4.69) is 31.8 Å². The number of rotatable bonds is 4. The predicted octanol–water partition coefficient (Wildman–Crippen LogP) is 2.64. The molecule has 0 saturated carbocycles. The number of anilines is 3. The average Bonchev–Trinajstić information content (AvgIpc) is 3.00. The number of hydrogen-bond acceptors (Lipinski definition) is 7. The van der Waals surface area contributed by atoms with Gasteiger partial charge in [0.15, 0.2) is 5.82 Å². The monoisotopic (exact) mass is 320 g/mol. The van der Waals surface area contributed by atoms with Crippen LogP contribution in [0.5, 0.6) is 0 Å². The zero-order valence-corrected chi connectivity index (χ0v) is 12.6. The van der Waals surface area contributed by atoms with Gasteiger partial charge in [0, 0.05) is 12.3 Å². The first kappa shape index (κ1) is 15.2. The van der Waals surface area contributed by atoms with Crippen LogP contribution in [0.1, 0.15) is 21.8 Å². The second-order valence-electron chi connectivity index (χ2n) is 4.82. The fourth-order valence-corrected chi connectivity index (χ4v) is 1.96. The molecule has 0 saturated heterocycles. The molecule has 8 nitrogen and oxygen atoms in total. The molecule has 0 bridgehead atoms. The molecule has 0 radical (unpaired) electrons. The average molecular weight is 320 g/mol. The molecule has 1 amide bonds. The molecule has 0 atom stereocenters. The van der Waals surface area contributed by atoms with E-state index in [1.165, 1.54) is 12.3 Å². The summed E-state index contributed by atoms with van der Waals surface area (Å²) in [6, 6.07) is 12.1. The molecule has 2 heterocycles. The third-order valence-corrected chi connectivity index (χ3v) is 3.05. The van der Waals surface area contributed by atoms with Gasteiger partial charge >= 0.3 is 0 Å². The van der Waals surface area contributed by atoms with E-state index in [-0.39, 0.29) is 11.6 Å². The Labute approximate surface area is 137 Å². The number of amides is 1. The van der Waals surface area contributed by atoms with Crippen molar-refractivity contribution in [3.63, 3.8) is 0 Å². The first-order chi connectivity index (χ1) is 11.7. The molecule has 0 aliphatic heterocycles. The maximum Gasteiger partial charge on any atom is 0.275 e. The van der Waals surface area contributed by atoms with Crippen molar-refractivity contribution in [2.75, 3.05) is 10.6 Å². The van der Waals surface area contributed by atoms with Crippen LogP contribution >= 0.6 is 0 Å². The first-order valence-electron chi connectivity index (χ1n) is 6.99. The standard InChI is InChI=1S/C16H12N6O2/c1-10-8-14(22-24-10)21-15(23)13-6-7-18-16(20-13)19-12-5-3-2-4-11(12)9-17/h2-8H,1H3,(H,18,19,20)(H,21,22,23). The van der Waals surface area contributed by atoms with Crippen LogP contribution in [0.25, 0.3) is 0 Å². The van der Waals surface area contributed by atoms with Crippen LogP contribution in [-0.2, 0) is 0 Å². The van der Waals surface area contributed by atoms with E-state index < -0.39 is 5.91 Å². The van der Waals surface area contributed by atoms with E-state index in [4.69, 9.17) is 9.78 Å². The highest BCUT2D eigenvalue weighted by Gasteiger charge is 2.12. The smallest absolute Gasteiger partial charge is 0.275 e. The third-order valence-electron chi connectivity index (χ3n) is 3.05. The third kappa shape index (κ3) is 3.36. The molecule has 0 aliphatic rings. The summed E-state index contributed by atoms with van der Waals surface area (Å²) in [5.41, 5.74) is 1.17. The normalized spacial score (nSPS) is 10.0. The van der Waals surface area contributed by atoms with Crippen LogP contribution in [-0.4, -0.2) is 21.0 Å². The van der Waals surface area contributed by atoms with Gasteiger partial charge in [-0.25, -0.2) is 9.97 Å². The van der Waals surface area contributed by atoms with Crippen LogP contribution in [0.2, 0.25) is 0 Å². The summed E-state index contributed by atoms with van der Waals surface area (Å²) < 4.78 is 4.89. The molecule has 0 unspecified atom stereocenters. The minimum Gasteiger partial charge on any atom is -0.360 e.